The molecule has 8 heteroatoms. The summed E-state index contributed by atoms with van der Waals surface area (Å²) in [4.78, 5) is 2.13. The Morgan fingerprint density at radius 2 is 1.63 bits per heavy atom. The van der Waals surface area contributed by atoms with E-state index in [4.69, 9.17) is 0 Å². The number of benzene rings is 2. The van der Waals surface area contributed by atoms with E-state index in [1.807, 2.05) is 12.1 Å². The zero-order chi connectivity index (χ0) is 19.7. The molecule has 2 aromatic carbocycles. The molecular weight excluding hydrogens is 377 g/mol. The lowest BCUT2D eigenvalue weighted by Gasteiger charge is -2.16. The van der Waals surface area contributed by atoms with Crippen molar-refractivity contribution in [3.8, 4) is 0 Å². The minimum absolute atomic E-state index is 0.206. The van der Waals surface area contributed by atoms with Gasteiger partial charge >= 0.3 is 6.18 Å². The maximum Gasteiger partial charge on any atom is 0.416 e. The van der Waals surface area contributed by atoms with E-state index in [0.717, 1.165) is 62.3 Å². The highest BCUT2D eigenvalue weighted by Crippen LogP contribution is 2.30. The number of hydrogen-bond donors (Lipinski definition) is 1. The van der Waals surface area contributed by atoms with Gasteiger partial charge in [-0.1, -0.05) is 13.0 Å². The summed E-state index contributed by atoms with van der Waals surface area (Å²) in [6.07, 6.45) is -2.76. The molecule has 0 radical (unpaired) electrons. The average molecular weight is 398 g/mol. The summed E-state index contributed by atoms with van der Waals surface area (Å²) in [6.45, 7) is 4.97. The Hall–Kier alpha value is -2.06. The smallest absolute Gasteiger partial charge is 0.303 e. The van der Waals surface area contributed by atoms with Gasteiger partial charge in [-0.15, -0.1) is 0 Å². The third-order valence-electron chi connectivity index (χ3n) is 4.79. The molecule has 0 atom stereocenters. The Bertz CT molecular complexity index is 910. The molecule has 1 N–H and O–H groups in total. The lowest BCUT2D eigenvalue weighted by atomic mass is 10.0. The molecule has 0 saturated heterocycles. The second kappa shape index (κ2) is 7.52. The fourth-order valence-corrected chi connectivity index (χ4v) is 4.24. The van der Waals surface area contributed by atoms with Crippen molar-refractivity contribution in [3.05, 3.63) is 59.2 Å². The third-order valence-corrected chi connectivity index (χ3v) is 6.19. The van der Waals surface area contributed by atoms with E-state index in [-0.39, 0.29) is 4.90 Å². The van der Waals surface area contributed by atoms with Crippen LogP contribution < -0.4 is 4.72 Å². The minimum atomic E-state index is -4.50. The van der Waals surface area contributed by atoms with Crippen LogP contribution in [0.2, 0.25) is 0 Å². The van der Waals surface area contributed by atoms with E-state index in [1.165, 1.54) is 5.56 Å². The quantitative estimate of drug-likeness (QED) is 0.849. The van der Waals surface area contributed by atoms with E-state index in [1.54, 1.807) is 6.07 Å². The van der Waals surface area contributed by atoms with Crippen LogP contribution in [-0.4, -0.2) is 33.0 Å². The van der Waals surface area contributed by atoms with Crippen LogP contribution in [0.15, 0.2) is 47.4 Å². The van der Waals surface area contributed by atoms with Crippen LogP contribution in [0.1, 0.15) is 23.6 Å². The number of likely N-dealkylation sites (N-methyl/N-ethyl adjacent to an activating group) is 1. The summed E-state index contributed by atoms with van der Waals surface area (Å²) in [5.74, 6) is 0. The number of anilines is 1. The summed E-state index contributed by atoms with van der Waals surface area (Å²) < 4.78 is 65.4. The minimum Gasteiger partial charge on any atom is -0.303 e. The zero-order valence-electron chi connectivity index (χ0n) is 14.9. The van der Waals surface area contributed by atoms with Crippen LogP contribution in [0.25, 0.3) is 0 Å². The summed E-state index contributed by atoms with van der Waals surface area (Å²) in [6, 6.07) is 8.90. The molecule has 0 aliphatic carbocycles. The first-order chi connectivity index (χ1) is 12.7. The van der Waals surface area contributed by atoms with Gasteiger partial charge in [0.1, 0.15) is 0 Å². The summed E-state index contributed by atoms with van der Waals surface area (Å²) in [5.41, 5.74) is 1.83. The van der Waals surface area contributed by atoms with E-state index in [9.17, 15) is 21.6 Å². The molecular formula is C19H21F3N2O2S. The van der Waals surface area contributed by atoms with Gasteiger partial charge in [-0.05, 0) is 66.9 Å². The molecule has 1 heterocycles. The number of fused-ring (bicyclic) bond motifs is 1. The molecule has 146 valence electrons. The summed E-state index contributed by atoms with van der Waals surface area (Å²) in [7, 11) is -3.95. The van der Waals surface area contributed by atoms with E-state index < -0.39 is 21.8 Å². The molecule has 27 heavy (non-hydrogen) atoms. The number of rotatable bonds is 4. The molecule has 0 saturated carbocycles. The van der Waals surface area contributed by atoms with Crippen molar-refractivity contribution in [2.24, 2.45) is 0 Å². The van der Waals surface area contributed by atoms with Crippen LogP contribution >= 0.6 is 0 Å². The van der Waals surface area contributed by atoms with Crippen molar-refractivity contribution in [3.63, 3.8) is 0 Å². The summed E-state index contributed by atoms with van der Waals surface area (Å²) in [5, 5.41) is 0. The van der Waals surface area contributed by atoms with Gasteiger partial charge in [-0.25, -0.2) is 8.42 Å². The second-order valence-electron chi connectivity index (χ2n) is 6.55. The van der Waals surface area contributed by atoms with E-state index in [2.05, 4.69) is 16.5 Å². The monoisotopic (exact) mass is 398 g/mol. The fourth-order valence-electron chi connectivity index (χ4n) is 3.19. The third kappa shape index (κ3) is 4.62. The van der Waals surface area contributed by atoms with Crippen LogP contribution in [0, 0.1) is 0 Å². The van der Waals surface area contributed by atoms with Crippen molar-refractivity contribution in [2.75, 3.05) is 24.4 Å². The number of nitrogens with one attached hydrogen (secondary N) is 1. The average Bonchev–Trinajstić information content (AvgIpc) is 2.82. The molecule has 0 bridgehead atoms. The SMILES string of the molecule is CCN1CCc2ccc(NS(=O)(=O)c3ccc(C(F)(F)F)cc3)cc2CC1. The first-order valence-electron chi connectivity index (χ1n) is 8.73. The first-order valence-corrected chi connectivity index (χ1v) is 10.2. The van der Waals surface area contributed by atoms with Crippen molar-refractivity contribution in [2.45, 2.75) is 30.8 Å². The maximum atomic E-state index is 12.6. The van der Waals surface area contributed by atoms with Crippen LogP contribution in [0.5, 0.6) is 0 Å². The number of sulfonamides is 1. The van der Waals surface area contributed by atoms with Crippen molar-refractivity contribution in [1.82, 2.24) is 4.90 Å². The van der Waals surface area contributed by atoms with Crippen LogP contribution in [0.3, 0.4) is 0 Å². The van der Waals surface area contributed by atoms with Crippen LogP contribution in [0.4, 0.5) is 18.9 Å². The van der Waals surface area contributed by atoms with Gasteiger partial charge in [0.25, 0.3) is 10.0 Å². The topological polar surface area (TPSA) is 49.4 Å². The van der Waals surface area contributed by atoms with Gasteiger partial charge in [0.15, 0.2) is 0 Å². The van der Waals surface area contributed by atoms with E-state index in [0.29, 0.717) is 5.69 Å². The van der Waals surface area contributed by atoms with Gasteiger partial charge in [-0.3, -0.25) is 4.72 Å². The van der Waals surface area contributed by atoms with Gasteiger partial charge in [-0.2, -0.15) is 13.2 Å². The Kier molecular flexibility index (Phi) is 5.48. The number of nitrogens with zero attached hydrogens (tertiary/aromatic N) is 1. The Balaban J connectivity index is 1.79. The molecule has 0 fully saturated rings. The lowest BCUT2D eigenvalue weighted by Crippen LogP contribution is -2.25. The largest absolute Gasteiger partial charge is 0.416 e. The molecule has 0 spiro atoms. The normalized spacial score (nSPS) is 15.9. The Morgan fingerprint density at radius 1 is 1.00 bits per heavy atom. The Morgan fingerprint density at radius 3 is 2.22 bits per heavy atom. The molecule has 1 aliphatic heterocycles. The van der Waals surface area contributed by atoms with Crippen molar-refractivity contribution < 1.29 is 21.6 Å². The van der Waals surface area contributed by atoms with Gasteiger partial charge < -0.3 is 4.90 Å². The first kappa shape index (κ1) is 19.7. The lowest BCUT2D eigenvalue weighted by molar-refractivity contribution is -0.137. The molecule has 4 nitrogen and oxygen atoms in total. The molecule has 1 aliphatic rings. The molecule has 2 aromatic rings. The highest BCUT2D eigenvalue weighted by molar-refractivity contribution is 7.92. The standard InChI is InChI=1S/C19H21F3N2O2S/c1-2-24-11-9-14-3-6-17(13-15(14)10-12-24)23-27(25,26)18-7-4-16(5-8-18)19(20,21)22/h3-8,13,23H,2,9-12H2,1H3. The fraction of sp³-hybridized carbons (Fsp3) is 0.368. The van der Waals surface area contributed by atoms with Gasteiger partial charge in [0, 0.05) is 18.8 Å². The summed E-state index contributed by atoms with van der Waals surface area (Å²) >= 11 is 0. The number of hydrogen-bond acceptors (Lipinski definition) is 3. The number of alkyl halides is 3. The molecule has 0 amide bonds. The maximum absolute atomic E-state index is 12.6. The van der Waals surface area contributed by atoms with Gasteiger partial charge in [0.05, 0.1) is 10.5 Å². The molecule has 3 rings (SSSR count). The van der Waals surface area contributed by atoms with Gasteiger partial charge in [0.2, 0.25) is 0 Å². The predicted molar refractivity (Wildman–Crippen MR) is 98.2 cm³/mol. The van der Waals surface area contributed by atoms with Crippen molar-refractivity contribution >= 4 is 15.7 Å². The van der Waals surface area contributed by atoms with E-state index >= 15 is 0 Å². The Labute approximate surface area is 157 Å². The predicted octanol–water partition coefficient (Wildman–Crippen LogP) is 3.93. The number of halogens is 3. The van der Waals surface area contributed by atoms with Crippen LogP contribution in [-0.2, 0) is 29.0 Å². The highest BCUT2D eigenvalue weighted by Gasteiger charge is 2.30. The highest BCUT2D eigenvalue weighted by atomic mass is 32.2. The molecule has 0 aromatic heterocycles. The zero-order valence-corrected chi connectivity index (χ0v) is 15.7. The second-order valence-corrected chi connectivity index (χ2v) is 8.23. The van der Waals surface area contributed by atoms with Crippen molar-refractivity contribution in [1.29, 1.82) is 0 Å². The molecule has 0 unspecified atom stereocenters.